The summed E-state index contributed by atoms with van der Waals surface area (Å²) in [7, 11) is 0. The summed E-state index contributed by atoms with van der Waals surface area (Å²) in [6.45, 7) is 0.314. The first kappa shape index (κ1) is 16.3. The summed E-state index contributed by atoms with van der Waals surface area (Å²) in [6, 6.07) is 10.8. The normalized spacial score (nSPS) is 10.3. The standard InChI is InChI=1S/C17H13FN4O3/c18-15-8-12(3-5-16(15)25-14-2-1-7-19-11-14)9-20-17-6-4-13(10-21-17)22(23)24/h1-8,10-11H,9H2,(H,20,21). The molecule has 0 radical (unpaired) electrons. The molecule has 0 unspecified atom stereocenters. The highest BCUT2D eigenvalue weighted by molar-refractivity contribution is 5.41. The lowest BCUT2D eigenvalue weighted by molar-refractivity contribution is -0.385. The van der Waals surface area contributed by atoms with Gasteiger partial charge in [-0.25, -0.2) is 9.37 Å². The molecular weight excluding hydrogens is 327 g/mol. The molecule has 1 N–H and O–H groups in total. The van der Waals surface area contributed by atoms with E-state index in [1.54, 1.807) is 24.4 Å². The van der Waals surface area contributed by atoms with E-state index in [1.165, 1.54) is 30.5 Å². The predicted octanol–water partition coefficient (Wildman–Crippen LogP) is 3.93. The Labute approximate surface area is 142 Å². The van der Waals surface area contributed by atoms with E-state index in [2.05, 4.69) is 15.3 Å². The molecule has 3 rings (SSSR count). The third-order valence-corrected chi connectivity index (χ3v) is 3.29. The molecule has 8 heteroatoms. The van der Waals surface area contributed by atoms with Gasteiger partial charge in [-0.05, 0) is 35.9 Å². The number of pyridine rings is 2. The SMILES string of the molecule is O=[N+]([O-])c1ccc(NCc2ccc(Oc3cccnc3)c(F)c2)nc1. The quantitative estimate of drug-likeness (QED) is 0.540. The van der Waals surface area contributed by atoms with Crippen molar-refractivity contribution >= 4 is 11.5 Å². The third-order valence-electron chi connectivity index (χ3n) is 3.29. The molecule has 2 aromatic heterocycles. The predicted molar refractivity (Wildman–Crippen MR) is 88.9 cm³/mol. The van der Waals surface area contributed by atoms with E-state index in [4.69, 9.17) is 4.74 Å². The van der Waals surface area contributed by atoms with Gasteiger partial charge in [0.15, 0.2) is 11.6 Å². The summed E-state index contributed by atoms with van der Waals surface area (Å²) in [4.78, 5) is 17.9. The lowest BCUT2D eigenvalue weighted by Gasteiger charge is -2.09. The van der Waals surface area contributed by atoms with Crippen LogP contribution in [0.1, 0.15) is 5.56 Å². The van der Waals surface area contributed by atoms with Gasteiger partial charge in [0, 0.05) is 18.8 Å². The smallest absolute Gasteiger partial charge is 0.287 e. The topological polar surface area (TPSA) is 90.2 Å². The minimum atomic E-state index is -0.521. The van der Waals surface area contributed by atoms with E-state index in [1.807, 2.05) is 0 Å². The summed E-state index contributed by atoms with van der Waals surface area (Å²) in [6.07, 6.45) is 4.26. The zero-order chi connectivity index (χ0) is 17.6. The van der Waals surface area contributed by atoms with Crippen molar-refractivity contribution in [1.82, 2.24) is 9.97 Å². The number of nitrogens with one attached hydrogen (secondary N) is 1. The van der Waals surface area contributed by atoms with Gasteiger partial charge in [-0.15, -0.1) is 0 Å². The molecule has 7 nitrogen and oxygen atoms in total. The van der Waals surface area contributed by atoms with Gasteiger partial charge in [-0.3, -0.25) is 15.1 Å². The Morgan fingerprint density at radius 2 is 2.08 bits per heavy atom. The van der Waals surface area contributed by atoms with Gasteiger partial charge in [-0.2, -0.15) is 0 Å². The van der Waals surface area contributed by atoms with Crippen molar-refractivity contribution in [1.29, 1.82) is 0 Å². The number of halogens is 1. The third kappa shape index (κ3) is 4.25. The van der Waals surface area contributed by atoms with E-state index < -0.39 is 10.7 Å². The molecule has 0 saturated carbocycles. The van der Waals surface area contributed by atoms with Crippen LogP contribution in [0, 0.1) is 15.9 Å². The van der Waals surface area contributed by atoms with Crippen LogP contribution in [-0.4, -0.2) is 14.9 Å². The first-order valence-corrected chi connectivity index (χ1v) is 7.32. The van der Waals surface area contributed by atoms with Crippen molar-refractivity contribution in [2.75, 3.05) is 5.32 Å². The van der Waals surface area contributed by atoms with Crippen LogP contribution < -0.4 is 10.1 Å². The second-order valence-corrected chi connectivity index (χ2v) is 5.07. The molecular formula is C17H13FN4O3. The summed E-state index contributed by atoms with van der Waals surface area (Å²) in [5.74, 6) is 0.508. The van der Waals surface area contributed by atoms with Crippen LogP contribution in [-0.2, 0) is 6.54 Å². The summed E-state index contributed by atoms with van der Waals surface area (Å²) in [5.41, 5.74) is 0.588. The molecule has 0 spiro atoms. The Morgan fingerprint density at radius 1 is 1.20 bits per heavy atom. The highest BCUT2D eigenvalue weighted by Crippen LogP contribution is 2.24. The Kier molecular flexibility index (Phi) is 4.79. The van der Waals surface area contributed by atoms with Gasteiger partial charge in [0.2, 0.25) is 0 Å². The molecule has 0 aliphatic heterocycles. The van der Waals surface area contributed by atoms with Gasteiger partial charge >= 0.3 is 0 Å². The molecule has 126 valence electrons. The first-order chi connectivity index (χ1) is 12.1. The number of anilines is 1. The molecule has 0 amide bonds. The minimum Gasteiger partial charge on any atom is -0.453 e. The molecule has 0 aliphatic carbocycles. The number of rotatable bonds is 6. The van der Waals surface area contributed by atoms with Crippen LogP contribution in [0.5, 0.6) is 11.5 Å². The molecule has 0 atom stereocenters. The molecule has 1 aromatic carbocycles. The monoisotopic (exact) mass is 340 g/mol. The van der Waals surface area contributed by atoms with Crippen LogP contribution in [0.4, 0.5) is 15.9 Å². The highest BCUT2D eigenvalue weighted by Gasteiger charge is 2.08. The van der Waals surface area contributed by atoms with Gasteiger partial charge in [0.25, 0.3) is 5.69 Å². The molecule has 2 heterocycles. The average molecular weight is 340 g/mol. The van der Waals surface area contributed by atoms with Gasteiger partial charge in [0.05, 0.1) is 11.1 Å². The molecule has 3 aromatic rings. The van der Waals surface area contributed by atoms with Crippen LogP contribution >= 0.6 is 0 Å². The van der Waals surface area contributed by atoms with E-state index in [0.29, 0.717) is 23.7 Å². The zero-order valence-corrected chi connectivity index (χ0v) is 12.9. The fraction of sp³-hybridized carbons (Fsp3) is 0.0588. The fourth-order valence-electron chi connectivity index (χ4n) is 2.06. The van der Waals surface area contributed by atoms with E-state index >= 15 is 0 Å². The van der Waals surface area contributed by atoms with Crippen molar-refractivity contribution in [3.05, 3.63) is 82.6 Å². The van der Waals surface area contributed by atoms with E-state index in [-0.39, 0.29) is 11.4 Å². The minimum absolute atomic E-state index is 0.0894. The van der Waals surface area contributed by atoms with Crippen LogP contribution in [0.15, 0.2) is 61.1 Å². The summed E-state index contributed by atoms with van der Waals surface area (Å²) >= 11 is 0. The second-order valence-electron chi connectivity index (χ2n) is 5.07. The van der Waals surface area contributed by atoms with Crippen LogP contribution in [0.2, 0.25) is 0 Å². The average Bonchev–Trinajstić information content (AvgIpc) is 2.63. The highest BCUT2D eigenvalue weighted by atomic mass is 19.1. The van der Waals surface area contributed by atoms with Crippen molar-refractivity contribution in [2.24, 2.45) is 0 Å². The zero-order valence-electron chi connectivity index (χ0n) is 12.9. The maximum atomic E-state index is 14.1. The van der Waals surface area contributed by atoms with Crippen molar-refractivity contribution in [3.63, 3.8) is 0 Å². The van der Waals surface area contributed by atoms with Gasteiger partial charge in [0.1, 0.15) is 17.8 Å². The Morgan fingerprint density at radius 3 is 2.72 bits per heavy atom. The van der Waals surface area contributed by atoms with Gasteiger partial charge in [-0.1, -0.05) is 6.07 Å². The number of hydrogen-bond donors (Lipinski definition) is 1. The largest absolute Gasteiger partial charge is 0.453 e. The Hall–Kier alpha value is -3.55. The number of benzene rings is 1. The second kappa shape index (κ2) is 7.35. The molecule has 0 aliphatic rings. The number of hydrogen-bond acceptors (Lipinski definition) is 6. The van der Waals surface area contributed by atoms with E-state index in [9.17, 15) is 14.5 Å². The molecule has 0 fully saturated rings. The maximum absolute atomic E-state index is 14.1. The van der Waals surface area contributed by atoms with Crippen molar-refractivity contribution in [2.45, 2.75) is 6.54 Å². The molecule has 0 bridgehead atoms. The van der Waals surface area contributed by atoms with Gasteiger partial charge < -0.3 is 10.1 Å². The molecule has 0 saturated heterocycles. The number of nitrogens with zero attached hydrogens (tertiary/aromatic N) is 3. The fourth-order valence-corrected chi connectivity index (χ4v) is 2.06. The Bertz CT molecular complexity index is 873. The maximum Gasteiger partial charge on any atom is 0.287 e. The first-order valence-electron chi connectivity index (χ1n) is 7.32. The number of nitro groups is 1. The summed E-state index contributed by atoms with van der Waals surface area (Å²) < 4.78 is 19.6. The number of ether oxygens (including phenoxy) is 1. The van der Waals surface area contributed by atoms with Crippen LogP contribution in [0.25, 0.3) is 0 Å². The molecule has 25 heavy (non-hydrogen) atoms. The van der Waals surface area contributed by atoms with Crippen LogP contribution in [0.3, 0.4) is 0 Å². The van der Waals surface area contributed by atoms with E-state index in [0.717, 1.165) is 6.20 Å². The lowest BCUT2D eigenvalue weighted by Crippen LogP contribution is -2.02. The Balaban J connectivity index is 1.63. The lowest BCUT2D eigenvalue weighted by atomic mass is 10.2. The van der Waals surface area contributed by atoms with Crippen molar-refractivity contribution < 1.29 is 14.1 Å². The van der Waals surface area contributed by atoms with Crippen molar-refractivity contribution in [3.8, 4) is 11.5 Å². The summed E-state index contributed by atoms with van der Waals surface area (Å²) in [5, 5.41) is 13.6. The number of aromatic nitrogens is 2.